The second-order valence-electron chi connectivity index (χ2n) is 8.45. The third-order valence-corrected chi connectivity index (χ3v) is 8.36. The molecule has 0 saturated carbocycles. The summed E-state index contributed by atoms with van der Waals surface area (Å²) in [6.07, 6.45) is 5.17. The molecule has 1 amide bonds. The first-order valence-electron chi connectivity index (χ1n) is 11.4. The minimum absolute atomic E-state index is 0.00182. The molecule has 1 atom stereocenters. The van der Waals surface area contributed by atoms with E-state index in [4.69, 9.17) is 4.74 Å². The Morgan fingerprint density at radius 1 is 1.13 bits per heavy atom. The number of rotatable bonds is 10. The largest absolute Gasteiger partial charge is 0.379 e. The molecule has 3 rings (SSSR count). The first kappa shape index (κ1) is 23.2. The monoisotopic (exact) mass is 436 g/mol. The van der Waals surface area contributed by atoms with Crippen molar-refractivity contribution in [1.82, 2.24) is 10.2 Å². The number of ether oxygens (including phenoxy) is 1. The van der Waals surface area contributed by atoms with Crippen LogP contribution in [0.2, 0.25) is 0 Å². The zero-order valence-corrected chi connectivity index (χ0v) is 19.2. The molecule has 7 heteroatoms. The molecule has 2 aliphatic rings. The number of aryl methyl sites for hydroxylation is 2. The van der Waals surface area contributed by atoms with Crippen molar-refractivity contribution in [2.75, 3.05) is 38.6 Å². The SMILES string of the molecule is CCC(CC)C(CNC(=O)CCS(=O)(=O)c1ccc2c(c1)CCC2)N1CCOCC1. The van der Waals surface area contributed by atoms with E-state index in [1.54, 1.807) is 12.1 Å². The number of morpholine rings is 1. The average molecular weight is 437 g/mol. The van der Waals surface area contributed by atoms with Crippen LogP contribution >= 0.6 is 0 Å². The van der Waals surface area contributed by atoms with Gasteiger partial charge in [0.25, 0.3) is 0 Å². The zero-order valence-electron chi connectivity index (χ0n) is 18.4. The summed E-state index contributed by atoms with van der Waals surface area (Å²) in [6, 6.07) is 5.69. The molecule has 0 bridgehead atoms. The van der Waals surface area contributed by atoms with Crippen LogP contribution < -0.4 is 5.32 Å². The van der Waals surface area contributed by atoms with E-state index in [9.17, 15) is 13.2 Å². The minimum atomic E-state index is -3.45. The lowest BCUT2D eigenvalue weighted by Gasteiger charge is -2.38. The van der Waals surface area contributed by atoms with Gasteiger partial charge in [-0.2, -0.15) is 0 Å². The second-order valence-corrected chi connectivity index (χ2v) is 10.6. The smallest absolute Gasteiger partial charge is 0.221 e. The van der Waals surface area contributed by atoms with Crippen LogP contribution in [-0.4, -0.2) is 63.9 Å². The number of carbonyl (C=O) groups excluding carboxylic acids is 1. The highest BCUT2D eigenvalue weighted by Crippen LogP contribution is 2.25. The van der Waals surface area contributed by atoms with Crippen molar-refractivity contribution < 1.29 is 17.9 Å². The van der Waals surface area contributed by atoms with Crippen LogP contribution in [0.15, 0.2) is 23.1 Å². The second kappa shape index (κ2) is 10.7. The van der Waals surface area contributed by atoms with E-state index in [1.165, 1.54) is 5.56 Å². The van der Waals surface area contributed by atoms with Crippen LogP contribution in [0.5, 0.6) is 0 Å². The number of carbonyl (C=O) groups is 1. The fourth-order valence-corrected chi connectivity index (χ4v) is 6.02. The van der Waals surface area contributed by atoms with Gasteiger partial charge >= 0.3 is 0 Å². The Bertz CT molecular complexity index is 814. The molecular formula is C23H36N2O4S. The molecule has 1 fully saturated rings. The molecule has 0 spiro atoms. The van der Waals surface area contributed by atoms with Gasteiger partial charge in [-0.1, -0.05) is 32.8 Å². The first-order valence-corrected chi connectivity index (χ1v) is 13.0. The van der Waals surface area contributed by atoms with Crippen molar-refractivity contribution in [1.29, 1.82) is 0 Å². The molecule has 168 valence electrons. The van der Waals surface area contributed by atoms with Gasteiger partial charge in [-0.15, -0.1) is 0 Å². The topological polar surface area (TPSA) is 75.7 Å². The molecule has 1 aromatic carbocycles. The third-order valence-electron chi connectivity index (χ3n) is 6.64. The molecule has 6 nitrogen and oxygen atoms in total. The van der Waals surface area contributed by atoms with Crippen molar-refractivity contribution in [3.05, 3.63) is 29.3 Å². The van der Waals surface area contributed by atoms with E-state index in [0.717, 1.165) is 64.0 Å². The van der Waals surface area contributed by atoms with Gasteiger partial charge in [-0.25, -0.2) is 8.42 Å². The van der Waals surface area contributed by atoms with E-state index in [1.807, 2.05) is 6.07 Å². The summed E-state index contributed by atoms with van der Waals surface area (Å²) in [5, 5.41) is 3.01. The first-order chi connectivity index (χ1) is 14.4. The summed E-state index contributed by atoms with van der Waals surface area (Å²) in [5.74, 6) is 0.160. The van der Waals surface area contributed by atoms with Crippen LogP contribution in [0.3, 0.4) is 0 Å². The number of hydrogen-bond donors (Lipinski definition) is 1. The molecule has 1 heterocycles. The Balaban J connectivity index is 1.54. The van der Waals surface area contributed by atoms with Crippen molar-refractivity contribution in [2.24, 2.45) is 5.92 Å². The van der Waals surface area contributed by atoms with E-state index in [-0.39, 0.29) is 24.1 Å². The normalized spacial score (nSPS) is 18.4. The average Bonchev–Trinajstić information content (AvgIpc) is 3.24. The molecule has 1 unspecified atom stereocenters. The Labute approximate surface area is 181 Å². The van der Waals surface area contributed by atoms with Crippen LogP contribution in [0, 0.1) is 5.92 Å². The van der Waals surface area contributed by atoms with Crippen LogP contribution in [0.1, 0.15) is 50.7 Å². The maximum atomic E-state index is 12.7. The van der Waals surface area contributed by atoms with Crippen molar-refractivity contribution >= 4 is 15.7 Å². The molecule has 1 aliphatic carbocycles. The standard InChI is InChI=1S/C23H36N2O4S/c1-3-18(4-2)22(25-11-13-29-14-12-25)17-24-23(26)10-15-30(27,28)21-9-8-19-6-5-7-20(19)16-21/h8-9,16,18,22H,3-7,10-15,17H2,1-2H3,(H,24,26). The van der Waals surface area contributed by atoms with Gasteiger partial charge in [0.2, 0.25) is 5.91 Å². The summed E-state index contributed by atoms with van der Waals surface area (Å²) in [5.41, 5.74) is 2.39. The molecular weight excluding hydrogens is 400 g/mol. The number of nitrogens with zero attached hydrogens (tertiary/aromatic N) is 1. The maximum Gasteiger partial charge on any atom is 0.221 e. The third kappa shape index (κ3) is 5.83. The van der Waals surface area contributed by atoms with Crippen molar-refractivity contribution in [2.45, 2.75) is 63.3 Å². The van der Waals surface area contributed by atoms with Gasteiger partial charge in [-0.05, 0) is 48.4 Å². The van der Waals surface area contributed by atoms with Gasteiger partial charge < -0.3 is 10.1 Å². The molecule has 1 N–H and O–H groups in total. The Morgan fingerprint density at radius 2 is 1.83 bits per heavy atom. The molecule has 1 saturated heterocycles. The lowest BCUT2D eigenvalue weighted by Crippen LogP contribution is -2.52. The minimum Gasteiger partial charge on any atom is -0.379 e. The van der Waals surface area contributed by atoms with E-state index in [0.29, 0.717) is 17.4 Å². The number of fused-ring (bicyclic) bond motifs is 1. The molecule has 1 aromatic rings. The van der Waals surface area contributed by atoms with Gasteiger partial charge in [-0.3, -0.25) is 9.69 Å². The van der Waals surface area contributed by atoms with Crippen molar-refractivity contribution in [3.63, 3.8) is 0 Å². The van der Waals surface area contributed by atoms with E-state index in [2.05, 4.69) is 24.1 Å². The van der Waals surface area contributed by atoms with E-state index < -0.39 is 9.84 Å². The molecule has 30 heavy (non-hydrogen) atoms. The number of amides is 1. The Kier molecular flexibility index (Phi) is 8.31. The number of sulfone groups is 1. The quantitative estimate of drug-likeness (QED) is 0.610. The van der Waals surface area contributed by atoms with E-state index >= 15 is 0 Å². The van der Waals surface area contributed by atoms with Gasteiger partial charge in [0, 0.05) is 32.1 Å². The predicted octanol–water partition coefficient (Wildman–Crippen LogP) is 2.59. The maximum absolute atomic E-state index is 12.7. The highest BCUT2D eigenvalue weighted by Gasteiger charge is 2.27. The molecule has 0 radical (unpaired) electrons. The van der Waals surface area contributed by atoms with Gasteiger partial charge in [0.15, 0.2) is 9.84 Å². The van der Waals surface area contributed by atoms with Crippen molar-refractivity contribution in [3.8, 4) is 0 Å². The van der Waals surface area contributed by atoms with Gasteiger partial charge in [0.05, 0.1) is 23.9 Å². The lowest BCUT2D eigenvalue weighted by atomic mass is 9.92. The zero-order chi connectivity index (χ0) is 21.6. The highest BCUT2D eigenvalue weighted by molar-refractivity contribution is 7.91. The molecule has 1 aliphatic heterocycles. The summed E-state index contributed by atoms with van der Waals surface area (Å²) in [4.78, 5) is 15.2. The summed E-state index contributed by atoms with van der Waals surface area (Å²) >= 11 is 0. The lowest BCUT2D eigenvalue weighted by molar-refractivity contribution is -0.121. The Morgan fingerprint density at radius 3 is 2.53 bits per heavy atom. The summed E-state index contributed by atoms with van der Waals surface area (Å²) in [6.45, 7) is 8.14. The summed E-state index contributed by atoms with van der Waals surface area (Å²) < 4.78 is 30.9. The number of benzene rings is 1. The van der Waals surface area contributed by atoms with Crippen LogP contribution in [-0.2, 0) is 32.2 Å². The number of hydrogen-bond acceptors (Lipinski definition) is 5. The fourth-order valence-electron chi connectivity index (χ4n) is 4.73. The van der Waals surface area contributed by atoms with Crippen LogP contribution in [0.25, 0.3) is 0 Å². The molecule has 0 aromatic heterocycles. The predicted molar refractivity (Wildman–Crippen MR) is 118 cm³/mol. The van der Waals surface area contributed by atoms with Gasteiger partial charge in [0.1, 0.15) is 0 Å². The highest BCUT2D eigenvalue weighted by atomic mass is 32.2. The number of nitrogens with one attached hydrogen (secondary N) is 1. The fraction of sp³-hybridized carbons (Fsp3) is 0.696. The van der Waals surface area contributed by atoms with Crippen LogP contribution in [0.4, 0.5) is 0 Å². The Hall–Kier alpha value is -1.44. The summed E-state index contributed by atoms with van der Waals surface area (Å²) in [7, 11) is -3.45.